The molecule has 0 saturated carbocycles. The average molecular weight is 297 g/mol. The molecule has 2 aliphatic rings. The van der Waals surface area contributed by atoms with Gasteiger partial charge in [0, 0.05) is 12.6 Å². The number of ether oxygens (including phenoxy) is 1. The zero-order valence-electron chi connectivity index (χ0n) is 13.6. The summed E-state index contributed by atoms with van der Waals surface area (Å²) in [6.07, 6.45) is 6.79. The van der Waals surface area contributed by atoms with Crippen molar-refractivity contribution in [3.63, 3.8) is 0 Å². The molecule has 0 aromatic heterocycles. The number of nitrogens with two attached hydrogens (primary N) is 1. The molecule has 2 rings (SSSR count). The third-order valence-electron chi connectivity index (χ3n) is 4.96. The summed E-state index contributed by atoms with van der Waals surface area (Å²) < 4.78 is 4.75. The molecule has 5 nitrogen and oxygen atoms in total. The van der Waals surface area contributed by atoms with Crippen molar-refractivity contribution >= 4 is 5.97 Å². The van der Waals surface area contributed by atoms with Gasteiger partial charge < -0.3 is 15.4 Å². The van der Waals surface area contributed by atoms with Crippen LogP contribution in [0.4, 0.5) is 0 Å². The molecule has 0 amide bonds. The van der Waals surface area contributed by atoms with E-state index in [1.54, 1.807) is 6.92 Å². The molecule has 0 aliphatic carbocycles. The van der Waals surface area contributed by atoms with Gasteiger partial charge in [0.2, 0.25) is 0 Å². The normalized spacial score (nSPS) is 26.9. The maximum Gasteiger partial charge on any atom is 0.325 e. The molecule has 0 aromatic rings. The van der Waals surface area contributed by atoms with Gasteiger partial charge in [-0.1, -0.05) is 0 Å². The zero-order valence-corrected chi connectivity index (χ0v) is 13.6. The van der Waals surface area contributed by atoms with E-state index in [0.29, 0.717) is 6.42 Å². The Balaban J connectivity index is 1.67. The number of esters is 1. The van der Waals surface area contributed by atoms with Crippen molar-refractivity contribution in [3.05, 3.63) is 0 Å². The minimum absolute atomic E-state index is 0.307. The number of hydrogen-bond donors (Lipinski definition) is 1. The molecule has 2 saturated heterocycles. The van der Waals surface area contributed by atoms with Crippen molar-refractivity contribution in [2.75, 3.05) is 39.8 Å². The number of nitrogens with zero attached hydrogens (tertiary/aromatic N) is 2. The quantitative estimate of drug-likeness (QED) is 0.590. The van der Waals surface area contributed by atoms with Crippen LogP contribution in [0.3, 0.4) is 0 Å². The number of carbonyl (C=O) groups is 1. The lowest BCUT2D eigenvalue weighted by molar-refractivity contribution is -0.146. The first-order chi connectivity index (χ1) is 10.0. The molecule has 2 fully saturated rings. The van der Waals surface area contributed by atoms with Gasteiger partial charge in [-0.05, 0) is 71.6 Å². The fourth-order valence-electron chi connectivity index (χ4n) is 3.65. The van der Waals surface area contributed by atoms with Crippen molar-refractivity contribution in [3.8, 4) is 0 Å². The highest BCUT2D eigenvalue weighted by Gasteiger charge is 2.30. The van der Waals surface area contributed by atoms with E-state index in [-0.39, 0.29) is 5.97 Å². The third-order valence-corrected chi connectivity index (χ3v) is 4.96. The first-order valence-electron chi connectivity index (χ1n) is 8.36. The van der Waals surface area contributed by atoms with Crippen molar-refractivity contribution in [1.82, 2.24) is 9.80 Å². The van der Waals surface area contributed by atoms with E-state index in [9.17, 15) is 4.79 Å². The highest BCUT2D eigenvalue weighted by Crippen LogP contribution is 2.21. The SMILES string of the molecule is COC(=O)C(C)(N)CCCCN1CCCN2CCCC2C1. The van der Waals surface area contributed by atoms with Crippen LogP contribution in [-0.4, -0.2) is 67.2 Å². The summed E-state index contributed by atoms with van der Waals surface area (Å²) in [7, 11) is 1.40. The van der Waals surface area contributed by atoms with Crippen LogP contribution < -0.4 is 5.73 Å². The summed E-state index contributed by atoms with van der Waals surface area (Å²) in [6.45, 7) is 7.89. The maximum absolute atomic E-state index is 11.5. The summed E-state index contributed by atoms with van der Waals surface area (Å²) in [5.74, 6) is -0.307. The van der Waals surface area contributed by atoms with Gasteiger partial charge in [0.05, 0.1) is 7.11 Å². The zero-order chi connectivity index (χ0) is 15.3. The Kier molecular flexibility index (Phi) is 6.02. The van der Waals surface area contributed by atoms with E-state index in [1.165, 1.54) is 52.6 Å². The highest BCUT2D eigenvalue weighted by molar-refractivity contribution is 5.79. The van der Waals surface area contributed by atoms with E-state index >= 15 is 0 Å². The minimum Gasteiger partial charge on any atom is -0.468 e. The van der Waals surface area contributed by atoms with Crippen LogP contribution in [0.2, 0.25) is 0 Å². The predicted octanol–water partition coefficient (Wildman–Crippen LogP) is 1.22. The van der Waals surface area contributed by atoms with E-state index in [2.05, 4.69) is 9.80 Å². The van der Waals surface area contributed by atoms with Crippen molar-refractivity contribution in [2.24, 2.45) is 5.73 Å². The predicted molar refractivity (Wildman–Crippen MR) is 84.1 cm³/mol. The van der Waals surface area contributed by atoms with E-state index < -0.39 is 5.54 Å². The fraction of sp³-hybridized carbons (Fsp3) is 0.938. The lowest BCUT2D eigenvalue weighted by atomic mass is 9.96. The van der Waals surface area contributed by atoms with Crippen LogP contribution >= 0.6 is 0 Å². The Morgan fingerprint density at radius 1 is 1.29 bits per heavy atom. The smallest absolute Gasteiger partial charge is 0.325 e. The van der Waals surface area contributed by atoms with Gasteiger partial charge in [-0.25, -0.2) is 0 Å². The lowest BCUT2D eigenvalue weighted by Crippen LogP contribution is -2.45. The van der Waals surface area contributed by atoms with Gasteiger partial charge in [-0.2, -0.15) is 0 Å². The Labute approximate surface area is 128 Å². The van der Waals surface area contributed by atoms with Crippen molar-refractivity contribution < 1.29 is 9.53 Å². The van der Waals surface area contributed by atoms with Crippen LogP contribution in [0.15, 0.2) is 0 Å². The monoisotopic (exact) mass is 297 g/mol. The molecule has 0 aromatic carbocycles. The topological polar surface area (TPSA) is 58.8 Å². The molecular formula is C16H31N3O2. The van der Waals surface area contributed by atoms with Crippen molar-refractivity contribution in [1.29, 1.82) is 0 Å². The number of methoxy groups -OCH3 is 1. The Bertz CT molecular complexity index is 346. The Hall–Kier alpha value is -0.650. The standard InChI is InChI=1S/C16H31N3O2/c1-16(17,15(20)21-2)8-3-4-9-18-10-6-12-19-11-5-7-14(19)13-18/h14H,3-13,17H2,1-2H3. The van der Waals surface area contributed by atoms with Crippen LogP contribution in [-0.2, 0) is 9.53 Å². The Morgan fingerprint density at radius 3 is 2.81 bits per heavy atom. The summed E-state index contributed by atoms with van der Waals surface area (Å²) in [4.78, 5) is 16.8. The van der Waals surface area contributed by atoms with Gasteiger partial charge in [0.1, 0.15) is 5.54 Å². The summed E-state index contributed by atoms with van der Waals surface area (Å²) in [5.41, 5.74) is 5.15. The second-order valence-corrected chi connectivity index (χ2v) is 6.85. The molecule has 0 spiro atoms. The number of rotatable bonds is 6. The molecule has 122 valence electrons. The van der Waals surface area contributed by atoms with Crippen LogP contribution in [0.25, 0.3) is 0 Å². The molecular weight excluding hydrogens is 266 g/mol. The van der Waals surface area contributed by atoms with E-state index in [4.69, 9.17) is 10.5 Å². The highest BCUT2D eigenvalue weighted by atomic mass is 16.5. The van der Waals surface area contributed by atoms with Gasteiger partial charge in [-0.15, -0.1) is 0 Å². The number of hydrogen-bond acceptors (Lipinski definition) is 5. The molecule has 0 radical (unpaired) electrons. The molecule has 0 bridgehead atoms. The largest absolute Gasteiger partial charge is 0.468 e. The second-order valence-electron chi connectivity index (χ2n) is 6.85. The van der Waals surface area contributed by atoms with Crippen molar-refractivity contribution in [2.45, 2.75) is 57.0 Å². The van der Waals surface area contributed by atoms with Gasteiger partial charge >= 0.3 is 5.97 Å². The van der Waals surface area contributed by atoms with Gasteiger partial charge in [0.25, 0.3) is 0 Å². The lowest BCUT2D eigenvalue weighted by Gasteiger charge is -2.26. The molecule has 2 unspecified atom stereocenters. The molecule has 5 heteroatoms. The van der Waals surface area contributed by atoms with Gasteiger partial charge in [-0.3, -0.25) is 9.69 Å². The molecule has 21 heavy (non-hydrogen) atoms. The average Bonchev–Trinajstić information content (AvgIpc) is 2.81. The number of unbranched alkanes of at least 4 members (excludes halogenated alkanes) is 1. The first-order valence-corrected chi connectivity index (χ1v) is 8.36. The summed E-state index contributed by atoms with van der Waals surface area (Å²) >= 11 is 0. The molecule has 2 N–H and O–H groups in total. The minimum atomic E-state index is -0.838. The molecule has 2 atom stereocenters. The van der Waals surface area contributed by atoms with E-state index in [1.807, 2.05) is 0 Å². The summed E-state index contributed by atoms with van der Waals surface area (Å²) in [6, 6.07) is 0.780. The number of carbonyl (C=O) groups excluding carboxylic acids is 1. The summed E-state index contributed by atoms with van der Waals surface area (Å²) in [5, 5.41) is 0. The number of fused-ring (bicyclic) bond motifs is 1. The third kappa shape index (κ3) is 4.66. The van der Waals surface area contributed by atoms with E-state index in [0.717, 1.165) is 25.4 Å². The van der Waals surface area contributed by atoms with Crippen LogP contribution in [0.5, 0.6) is 0 Å². The Morgan fingerprint density at radius 2 is 2.05 bits per heavy atom. The fourth-order valence-corrected chi connectivity index (χ4v) is 3.65. The molecule has 2 aliphatic heterocycles. The van der Waals surface area contributed by atoms with Crippen LogP contribution in [0, 0.1) is 0 Å². The van der Waals surface area contributed by atoms with Crippen LogP contribution in [0.1, 0.15) is 45.4 Å². The van der Waals surface area contributed by atoms with Gasteiger partial charge in [0.15, 0.2) is 0 Å². The first kappa shape index (κ1) is 16.7. The maximum atomic E-state index is 11.5. The molecule has 2 heterocycles. The second kappa shape index (κ2) is 7.56.